The van der Waals surface area contributed by atoms with Crippen LogP contribution in [0.1, 0.15) is 24.2 Å². The molecule has 1 N–H and O–H groups in total. The number of carbonyl (C=O) groups excluding carboxylic acids is 2. The summed E-state index contributed by atoms with van der Waals surface area (Å²) in [6, 6.07) is 7.32. The smallest absolute Gasteiger partial charge is 0.328 e. The van der Waals surface area contributed by atoms with Gasteiger partial charge in [-0.3, -0.25) is 4.79 Å². The van der Waals surface area contributed by atoms with Crippen molar-refractivity contribution in [1.82, 2.24) is 15.3 Å². The van der Waals surface area contributed by atoms with Gasteiger partial charge in [0.15, 0.2) is 0 Å². The van der Waals surface area contributed by atoms with Crippen molar-refractivity contribution in [3.05, 3.63) is 35.9 Å². The topological polar surface area (TPSA) is 109 Å². The van der Waals surface area contributed by atoms with Gasteiger partial charge in [-0.2, -0.15) is 9.97 Å². The Bertz CT molecular complexity index is 818. The van der Waals surface area contributed by atoms with E-state index in [4.69, 9.17) is 18.9 Å². The third kappa shape index (κ3) is 5.09. The van der Waals surface area contributed by atoms with E-state index in [2.05, 4.69) is 15.3 Å². The predicted molar refractivity (Wildman–Crippen MR) is 99.8 cm³/mol. The molecule has 1 atom stereocenters. The number of carbonyl (C=O) groups is 2. The monoisotopic (exact) mass is 389 g/mol. The number of amides is 1. The van der Waals surface area contributed by atoms with Crippen molar-refractivity contribution in [1.29, 1.82) is 0 Å². The van der Waals surface area contributed by atoms with Crippen molar-refractivity contribution in [2.45, 2.75) is 19.9 Å². The molecule has 0 spiro atoms. The lowest BCUT2D eigenvalue weighted by Gasteiger charge is -2.20. The highest BCUT2D eigenvalue weighted by atomic mass is 16.5. The fourth-order valence-corrected chi connectivity index (χ4v) is 2.33. The number of hydrogen-bond donors (Lipinski definition) is 1. The zero-order chi connectivity index (χ0) is 20.7. The van der Waals surface area contributed by atoms with Crippen LogP contribution in [0, 0.1) is 5.92 Å². The molecule has 0 aliphatic rings. The first-order valence-corrected chi connectivity index (χ1v) is 8.52. The van der Waals surface area contributed by atoms with Crippen LogP contribution in [-0.2, 0) is 9.53 Å². The fraction of sp³-hybridized carbons (Fsp3) is 0.368. The maximum Gasteiger partial charge on any atom is 0.328 e. The van der Waals surface area contributed by atoms with Gasteiger partial charge in [0.25, 0.3) is 5.91 Å². The molecule has 9 nitrogen and oxygen atoms in total. The number of hydrogen-bond acceptors (Lipinski definition) is 8. The van der Waals surface area contributed by atoms with Crippen LogP contribution in [0.2, 0.25) is 0 Å². The highest BCUT2D eigenvalue weighted by Crippen LogP contribution is 2.27. The molecule has 150 valence electrons. The summed E-state index contributed by atoms with van der Waals surface area (Å²) in [4.78, 5) is 32.8. The zero-order valence-electron chi connectivity index (χ0n) is 16.4. The van der Waals surface area contributed by atoms with Crippen LogP contribution in [-0.4, -0.2) is 49.2 Å². The number of para-hydroxylation sites is 1. The first-order valence-electron chi connectivity index (χ1n) is 8.52. The molecule has 1 unspecified atom stereocenters. The van der Waals surface area contributed by atoms with Gasteiger partial charge in [0, 0.05) is 0 Å². The molecule has 28 heavy (non-hydrogen) atoms. The summed E-state index contributed by atoms with van der Waals surface area (Å²) in [7, 11) is 4.14. The molecular weight excluding hydrogens is 366 g/mol. The molecule has 2 aromatic rings. The SMILES string of the molecule is COC(=O)C(NC(=O)c1ccccc1Oc1cc(OC)nc(OC)n1)C(C)C. The number of ether oxygens (including phenoxy) is 4. The molecule has 1 amide bonds. The number of esters is 1. The van der Waals surface area contributed by atoms with Crippen molar-refractivity contribution >= 4 is 11.9 Å². The number of nitrogens with one attached hydrogen (secondary N) is 1. The van der Waals surface area contributed by atoms with Crippen molar-refractivity contribution in [2.24, 2.45) is 5.92 Å². The van der Waals surface area contributed by atoms with Crippen LogP contribution in [0.25, 0.3) is 0 Å². The van der Waals surface area contributed by atoms with Gasteiger partial charge in [0.1, 0.15) is 11.8 Å². The predicted octanol–water partition coefficient (Wildman–Crippen LogP) is 2.21. The van der Waals surface area contributed by atoms with E-state index in [9.17, 15) is 9.59 Å². The second-order valence-corrected chi connectivity index (χ2v) is 6.05. The Morgan fingerprint density at radius 3 is 2.29 bits per heavy atom. The van der Waals surface area contributed by atoms with Gasteiger partial charge in [-0.15, -0.1) is 0 Å². The zero-order valence-corrected chi connectivity index (χ0v) is 16.4. The summed E-state index contributed by atoms with van der Waals surface area (Å²) < 4.78 is 20.6. The van der Waals surface area contributed by atoms with Gasteiger partial charge in [-0.25, -0.2) is 4.79 Å². The molecule has 0 fully saturated rings. The van der Waals surface area contributed by atoms with Crippen molar-refractivity contribution in [3.63, 3.8) is 0 Å². The molecule has 0 aliphatic carbocycles. The molecule has 2 rings (SSSR count). The third-order valence-corrected chi connectivity index (χ3v) is 3.80. The number of aromatic nitrogens is 2. The molecule has 1 heterocycles. The molecule has 9 heteroatoms. The normalized spacial score (nSPS) is 11.5. The van der Waals surface area contributed by atoms with Crippen molar-refractivity contribution < 1.29 is 28.5 Å². The Balaban J connectivity index is 2.30. The maximum atomic E-state index is 12.8. The lowest BCUT2D eigenvalue weighted by molar-refractivity contribution is -0.144. The third-order valence-electron chi connectivity index (χ3n) is 3.80. The van der Waals surface area contributed by atoms with Crippen LogP contribution in [0.3, 0.4) is 0 Å². The van der Waals surface area contributed by atoms with Gasteiger partial charge in [0.05, 0.1) is 33.0 Å². The Morgan fingerprint density at radius 1 is 1.00 bits per heavy atom. The molecule has 1 aromatic carbocycles. The minimum atomic E-state index is -0.787. The minimum absolute atomic E-state index is 0.0573. The van der Waals surface area contributed by atoms with Crippen LogP contribution in [0.4, 0.5) is 0 Å². The van der Waals surface area contributed by atoms with Gasteiger partial charge < -0.3 is 24.3 Å². The fourth-order valence-electron chi connectivity index (χ4n) is 2.33. The summed E-state index contributed by atoms with van der Waals surface area (Å²) in [6.07, 6.45) is 0. The number of rotatable bonds is 8. The maximum absolute atomic E-state index is 12.8. The Labute approximate surface area is 163 Å². The van der Waals surface area contributed by atoms with E-state index in [0.717, 1.165) is 0 Å². The van der Waals surface area contributed by atoms with E-state index >= 15 is 0 Å². The Kier molecular flexibility index (Phi) is 7.14. The highest BCUT2D eigenvalue weighted by Gasteiger charge is 2.26. The summed E-state index contributed by atoms with van der Waals surface area (Å²) in [5, 5.41) is 2.68. The number of benzene rings is 1. The first kappa shape index (κ1) is 20.9. The van der Waals surface area contributed by atoms with Crippen LogP contribution in [0.15, 0.2) is 30.3 Å². The van der Waals surface area contributed by atoms with Crippen molar-refractivity contribution in [3.8, 4) is 23.5 Å². The second-order valence-electron chi connectivity index (χ2n) is 6.05. The van der Waals surface area contributed by atoms with Gasteiger partial charge >= 0.3 is 12.0 Å². The quantitative estimate of drug-likeness (QED) is 0.685. The molecule has 0 bridgehead atoms. The van der Waals surface area contributed by atoms with E-state index in [1.54, 1.807) is 24.3 Å². The summed E-state index contributed by atoms with van der Waals surface area (Å²) in [5.41, 5.74) is 0.230. The standard InChI is InChI=1S/C19H23N3O6/c1-11(2)16(18(24)26-4)22-17(23)12-8-6-7-9-13(12)28-15-10-14(25-3)20-19(21-15)27-5/h6-11,16H,1-5H3,(H,22,23). The van der Waals surface area contributed by atoms with Crippen molar-refractivity contribution in [2.75, 3.05) is 21.3 Å². The Hall–Kier alpha value is -3.36. The van der Waals surface area contributed by atoms with Crippen LogP contribution >= 0.6 is 0 Å². The van der Waals surface area contributed by atoms with Crippen LogP contribution in [0.5, 0.6) is 23.5 Å². The first-order chi connectivity index (χ1) is 13.4. The molecule has 0 aliphatic heterocycles. The van der Waals surface area contributed by atoms with E-state index in [1.165, 1.54) is 27.4 Å². The van der Waals surface area contributed by atoms with Gasteiger partial charge in [-0.1, -0.05) is 26.0 Å². The lowest BCUT2D eigenvalue weighted by atomic mass is 10.0. The molecule has 0 radical (unpaired) electrons. The van der Waals surface area contributed by atoms with Gasteiger partial charge in [0.2, 0.25) is 11.8 Å². The van der Waals surface area contributed by atoms with Gasteiger partial charge in [-0.05, 0) is 18.1 Å². The number of nitrogens with zero attached hydrogens (tertiary/aromatic N) is 2. The van der Waals surface area contributed by atoms with E-state index in [1.807, 2.05) is 13.8 Å². The average Bonchev–Trinajstić information content (AvgIpc) is 2.71. The molecular formula is C19H23N3O6. The second kappa shape index (κ2) is 9.54. The largest absolute Gasteiger partial charge is 0.481 e. The summed E-state index contributed by atoms with van der Waals surface area (Å²) >= 11 is 0. The average molecular weight is 389 g/mol. The molecule has 0 saturated carbocycles. The van der Waals surface area contributed by atoms with Crippen LogP contribution < -0.4 is 19.5 Å². The summed E-state index contributed by atoms with van der Waals surface area (Å²) in [5.74, 6) is -0.526. The highest BCUT2D eigenvalue weighted by molar-refractivity contribution is 5.99. The minimum Gasteiger partial charge on any atom is -0.481 e. The Morgan fingerprint density at radius 2 is 1.68 bits per heavy atom. The van der Waals surface area contributed by atoms with E-state index in [0.29, 0.717) is 0 Å². The lowest BCUT2D eigenvalue weighted by Crippen LogP contribution is -2.45. The summed E-state index contributed by atoms with van der Waals surface area (Å²) in [6.45, 7) is 3.62. The van der Waals surface area contributed by atoms with E-state index in [-0.39, 0.29) is 35.0 Å². The van der Waals surface area contributed by atoms with E-state index < -0.39 is 17.9 Å². The molecule has 0 saturated heterocycles. The number of methoxy groups -OCH3 is 3. The molecule has 1 aromatic heterocycles.